The minimum absolute atomic E-state index is 0.168. The van der Waals surface area contributed by atoms with Crippen molar-refractivity contribution in [3.8, 4) is 0 Å². The summed E-state index contributed by atoms with van der Waals surface area (Å²) >= 11 is 0. The van der Waals surface area contributed by atoms with Crippen LogP contribution in [0.1, 0.15) is 20.8 Å². The van der Waals surface area contributed by atoms with Crippen molar-refractivity contribution in [2.75, 3.05) is 6.67 Å². The first-order chi connectivity index (χ1) is 6.50. The lowest BCUT2D eigenvalue weighted by atomic mass is 10.3. The molecule has 0 atom stereocenters. The molecule has 78 valence electrons. The van der Waals surface area contributed by atoms with Gasteiger partial charge in [-0.25, -0.2) is 4.79 Å². The molecule has 0 aromatic rings. The molecule has 0 aliphatic carbocycles. The number of aliphatic imine (C=N–C) groups is 1. The normalized spacial score (nSPS) is 16.4. The minimum Gasteiger partial charge on any atom is -0.322 e. The first-order valence-electron chi connectivity index (χ1n) is 4.41. The van der Waals surface area contributed by atoms with Gasteiger partial charge in [0.05, 0.1) is 6.67 Å². The topological polar surface area (TPSA) is 73.8 Å². The predicted octanol–water partition coefficient (Wildman–Crippen LogP) is -0.130. The van der Waals surface area contributed by atoms with E-state index in [9.17, 15) is 9.59 Å². The lowest BCUT2D eigenvalue weighted by molar-refractivity contribution is -0.117. The van der Waals surface area contributed by atoms with E-state index in [0.717, 1.165) is 0 Å². The zero-order chi connectivity index (χ0) is 10.7. The molecule has 6 heteroatoms. The lowest BCUT2D eigenvalue weighted by Gasteiger charge is -2.31. The molecule has 1 heterocycles. The maximum atomic E-state index is 10.9. The van der Waals surface area contributed by atoms with Crippen LogP contribution in [0, 0.1) is 0 Å². The fourth-order valence-electron chi connectivity index (χ4n) is 1.11. The minimum atomic E-state index is -0.425. The number of rotatable bonds is 1. The summed E-state index contributed by atoms with van der Waals surface area (Å²) < 4.78 is 0. The molecule has 2 N–H and O–H groups in total. The Bertz CT molecular complexity index is 285. The van der Waals surface area contributed by atoms with Gasteiger partial charge in [0.15, 0.2) is 0 Å². The maximum Gasteiger partial charge on any atom is 0.345 e. The van der Waals surface area contributed by atoms with Gasteiger partial charge in [-0.2, -0.15) is 4.99 Å². The van der Waals surface area contributed by atoms with E-state index in [1.54, 1.807) is 4.90 Å². The number of carbonyl (C=O) groups excluding carboxylic acids is 2. The van der Waals surface area contributed by atoms with Crippen molar-refractivity contribution in [3.63, 3.8) is 0 Å². The molecule has 0 spiro atoms. The second-order valence-corrected chi connectivity index (χ2v) is 3.32. The number of amides is 3. The lowest BCUT2D eigenvalue weighted by Crippen LogP contribution is -2.54. The van der Waals surface area contributed by atoms with Crippen LogP contribution in [0.4, 0.5) is 4.79 Å². The van der Waals surface area contributed by atoms with E-state index in [4.69, 9.17) is 0 Å². The average molecular weight is 198 g/mol. The molecular formula is C8H14N4O2. The summed E-state index contributed by atoms with van der Waals surface area (Å²) in [6.45, 7) is 5.66. The van der Waals surface area contributed by atoms with Gasteiger partial charge in [0, 0.05) is 13.0 Å². The van der Waals surface area contributed by atoms with Crippen molar-refractivity contribution in [2.24, 2.45) is 4.99 Å². The molecule has 1 aliphatic heterocycles. The van der Waals surface area contributed by atoms with Gasteiger partial charge in [0.25, 0.3) is 0 Å². The highest BCUT2D eigenvalue weighted by molar-refractivity contribution is 6.02. The SMILES string of the molecule is CC(=O)NC1=NC(=O)NCN1C(C)C. The van der Waals surface area contributed by atoms with Gasteiger partial charge in [-0.1, -0.05) is 0 Å². The Labute approximate surface area is 82.4 Å². The van der Waals surface area contributed by atoms with Crippen molar-refractivity contribution in [1.29, 1.82) is 0 Å². The van der Waals surface area contributed by atoms with Crippen LogP contribution in [0.5, 0.6) is 0 Å². The molecule has 6 nitrogen and oxygen atoms in total. The van der Waals surface area contributed by atoms with Crippen LogP contribution in [-0.2, 0) is 4.79 Å². The van der Waals surface area contributed by atoms with Crippen LogP contribution in [-0.4, -0.2) is 35.5 Å². The van der Waals surface area contributed by atoms with E-state index in [1.807, 2.05) is 13.8 Å². The molecule has 0 unspecified atom stereocenters. The molecule has 3 amide bonds. The fraction of sp³-hybridized carbons (Fsp3) is 0.625. The Morgan fingerprint density at radius 3 is 2.79 bits per heavy atom. The molecule has 0 aromatic heterocycles. The second-order valence-electron chi connectivity index (χ2n) is 3.32. The van der Waals surface area contributed by atoms with E-state index in [0.29, 0.717) is 12.6 Å². The van der Waals surface area contributed by atoms with Crippen molar-refractivity contribution in [1.82, 2.24) is 15.5 Å². The first kappa shape index (κ1) is 10.5. The van der Waals surface area contributed by atoms with Gasteiger partial charge < -0.3 is 10.2 Å². The Morgan fingerprint density at radius 2 is 2.29 bits per heavy atom. The molecular weight excluding hydrogens is 184 g/mol. The molecule has 0 saturated heterocycles. The summed E-state index contributed by atoms with van der Waals surface area (Å²) in [6.07, 6.45) is 0. The van der Waals surface area contributed by atoms with E-state index in [2.05, 4.69) is 15.6 Å². The predicted molar refractivity (Wildman–Crippen MR) is 51.6 cm³/mol. The molecule has 0 bridgehead atoms. The number of hydrogen-bond acceptors (Lipinski definition) is 3. The standard InChI is InChI=1S/C8H14N4O2/c1-5(2)12-4-9-8(14)11-7(12)10-6(3)13/h5H,4H2,1-3H3,(H2,9,10,11,13,14). The monoisotopic (exact) mass is 198 g/mol. The Balaban J connectivity index is 2.81. The number of hydrogen-bond donors (Lipinski definition) is 2. The molecule has 0 radical (unpaired) electrons. The molecule has 1 aliphatic rings. The van der Waals surface area contributed by atoms with Gasteiger partial charge >= 0.3 is 6.03 Å². The van der Waals surface area contributed by atoms with Crippen LogP contribution in [0.15, 0.2) is 4.99 Å². The summed E-state index contributed by atoms with van der Waals surface area (Å²) in [4.78, 5) is 27.3. The van der Waals surface area contributed by atoms with Gasteiger partial charge in [0.2, 0.25) is 11.9 Å². The van der Waals surface area contributed by atoms with Crippen molar-refractivity contribution in [2.45, 2.75) is 26.8 Å². The molecule has 0 fully saturated rings. The van der Waals surface area contributed by atoms with Crippen LogP contribution < -0.4 is 10.6 Å². The van der Waals surface area contributed by atoms with Crippen LogP contribution in [0.2, 0.25) is 0 Å². The van der Waals surface area contributed by atoms with E-state index in [-0.39, 0.29) is 11.9 Å². The Hall–Kier alpha value is -1.59. The highest BCUT2D eigenvalue weighted by Crippen LogP contribution is 2.01. The number of carbonyl (C=O) groups is 2. The van der Waals surface area contributed by atoms with Crippen LogP contribution in [0.3, 0.4) is 0 Å². The van der Waals surface area contributed by atoms with Crippen molar-refractivity contribution >= 4 is 17.9 Å². The highest BCUT2D eigenvalue weighted by Gasteiger charge is 2.21. The zero-order valence-corrected chi connectivity index (χ0v) is 8.50. The third kappa shape index (κ3) is 2.45. The van der Waals surface area contributed by atoms with E-state index < -0.39 is 6.03 Å². The number of guanidine groups is 1. The highest BCUT2D eigenvalue weighted by atomic mass is 16.2. The smallest absolute Gasteiger partial charge is 0.322 e. The Morgan fingerprint density at radius 1 is 1.64 bits per heavy atom. The second kappa shape index (κ2) is 4.08. The van der Waals surface area contributed by atoms with Crippen molar-refractivity contribution < 1.29 is 9.59 Å². The van der Waals surface area contributed by atoms with Gasteiger partial charge in [0.1, 0.15) is 0 Å². The third-order valence-corrected chi connectivity index (χ3v) is 1.79. The first-order valence-corrected chi connectivity index (χ1v) is 4.41. The number of urea groups is 1. The van der Waals surface area contributed by atoms with Crippen LogP contribution in [0.25, 0.3) is 0 Å². The summed E-state index contributed by atoms with van der Waals surface area (Å²) in [5.74, 6) is 0.0837. The molecule has 0 aromatic carbocycles. The zero-order valence-electron chi connectivity index (χ0n) is 8.50. The van der Waals surface area contributed by atoms with Crippen molar-refractivity contribution in [3.05, 3.63) is 0 Å². The fourth-order valence-corrected chi connectivity index (χ4v) is 1.11. The molecule has 0 saturated carbocycles. The third-order valence-electron chi connectivity index (χ3n) is 1.79. The summed E-state index contributed by atoms with van der Waals surface area (Å²) in [6, 6.07) is -0.258. The number of nitrogens with one attached hydrogen (secondary N) is 2. The summed E-state index contributed by atoms with van der Waals surface area (Å²) in [5.41, 5.74) is 0. The summed E-state index contributed by atoms with van der Waals surface area (Å²) in [5, 5.41) is 5.08. The molecule has 1 rings (SSSR count). The molecule has 14 heavy (non-hydrogen) atoms. The largest absolute Gasteiger partial charge is 0.345 e. The van der Waals surface area contributed by atoms with E-state index >= 15 is 0 Å². The van der Waals surface area contributed by atoms with Crippen LogP contribution >= 0.6 is 0 Å². The summed E-state index contributed by atoms with van der Waals surface area (Å²) in [7, 11) is 0. The average Bonchev–Trinajstić information content (AvgIpc) is 2.01. The van der Waals surface area contributed by atoms with Gasteiger partial charge in [-0.15, -0.1) is 0 Å². The van der Waals surface area contributed by atoms with Gasteiger partial charge in [-0.05, 0) is 13.8 Å². The Kier molecular flexibility index (Phi) is 3.06. The van der Waals surface area contributed by atoms with Gasteiger partial charge in [-0.3, -0.25) is 10.1 Å². The maximum absolute atomic E-state index is 10.9. The number of nitrogens with zero attached hydrogens (tertiary/aromatic N) is 2. The quantitative estimate of drug-likeness (QED) is 0.616. The van der Waals surface area contributed by atoms with E-state index in [1.165, 1.54) is 6.92 Å².